The molecule has 1 unspecified atom stereocenters. The van der Waals surface area contributed by atoms with Crippen LogP contribution in [-0.4, -0.2) is 13.7 Å². The van der Waals surface area contributed by atoms with Gasteiger partial charge in [0.05, 0.1) is 7.11 Å². The second-order valence-corrected chi connectivity index (χ2v) is 5.75. The van der Waals surface area contributed by atoms with Gasteiger partial charge in [0, 0.05) is 16.1 Å². The molecule has 2 nitrogen and oxygen atoms in total. The minimum absolute atomic E-state index is 0.00921. The number of nitrogens with one attached hydrogen (secondary N) is 1. The van der Waals surface area contributed by atoms with Crippen LogP contribution in [0.2, 0.25) is 0 Å². The molecule has 4 heteroatoms. The highest BCUT2D eigenvalue weighted by atomic mass is 79.9. The highest BCUT2D eigenvalue weighted by Crippen LogP contribution is 2.29. The van der Waals surface area contributed by atoms with Crippen molar-refractivity contribution in [2.24, 2.45) is 0 Å². The van der Waals surface area contributed by atoms with Crippen LogP contribution in [0.1, 0.15) is 24.1 Å². The Morgan fingerprint density at radius 3 is 2.71 bits per heavy atom. The molecule has 0 aliphatic carbocycles. The quantitative estimate of drug-likeness (QED) is 0.827. The summed E-state index contributed by atoms with van der Waals surface area (Å²) in [5.74, 6) is 0.459. The Hall–Kier alpha value is -1.39. The van der Waals surface area contributed by atoms with E-state index in [0.29, 0.717) is 5.75 Å². The highest BCUT2D eigenvalue weighted by molar-refractivity contribution is 9.10. The van der Waals surface area contributed by atoms with Gasteiger partial charge in [-0.15, -0.1) is 0 Å². The van der Waals surface area contributed by atoms with Gasteiger partial charge in [0.25, 0.3) is 0 Å². The Balaban J connectivity index is 2.32. The molecule has 0 saturated heterocycles. The number of ether oxygens (including phenoxy) is 1. The van der Waals surface area contributed by atoms with Gasteiger partial charge in [-0.3, -0.25) is 0 Å². The second-order valence-electron chi connectivity index (χ2n) is 4.83. The first kappa shape index (κ1) is 16.0. The van der Waals surface area contributed by atoms with E-state index in [1.807, 2.05) is 19.1 Å². The molecule has 0 aliphatic rings. The monoisotopic (exact) mass is 351 g/mol. The summed E-state index contributed by atoms with van der Waals surface area (Å²) < 4.78 is 20.0. The molecule has 2 aromatic rings. The fourth-order valence-electron chi connectivity index (χ4n) is 2.42. The number of benzene rings is 2. The van der Waals surface area contributed by atoms with Gasteiger partial charge in [-0.2, -0.15) is 0 Å². The Labute approximate surface area is 133 Å². The van der Waals surface area contributed by atoms with E-state index in [9.17, 15) is 4.39 Å². The first-order valence-electron chi connectivity index (χ1n) is 6.95. The largest absolute Gasteiger partial charge is 0.496 e. The Morgan fingerprint density at radius 1 is 1.24 bits per heavy atom. The predicted octanol–water partition coefficient (Wildman–Crippen LogP) is 4.49. The molecular weight excluding hydrogens is 333 g/mol. The molecule has 0 spiro atoms. The summed E-state index contributed by atoms with van der Waals surface area (Å²) in [7, 11) is 1.61. The standard InChI is InChI=1S/C17H19BrFNO/c1-3-20-16(10-12-5-4-6-13(18)9-12)15-11-14(19)7-8-17(15)21-2/h4-9,11,16,20H,3,10H2,1-2H3. The van der Waals surface area contributed by atoms with Crippen LogP contribution in [-0.2, 0) is 6.42 Å². The molecule has 0 fully saturated rings. The first-order chi connectivity index (χ1) is 10.1. The molecule has 0 heterocycles. The lowest BCUT2D eigenvalue weighted by Gasteiger charge is -2.21. The van der Waals surface area contributed by atoms with Gasteiger partial charge in [-0.05, 0) is 48.9 Å². The lowest BCUT2D eigenvalue weighted by molar-refractivity contribution is 0.397. The van der Waals surface area contributed by atoms with Crippen LogP contribution in [0.15, 0.2) is 46.9 Å². The Kier molecular flexibility index (Phi) is 5.76. The molecule has 1 N–H and O–H groups in total. The van der Waals surface area contributed by atoms with E-state index in [0.717, 1.165) is 23.0 Å². The summed E-state index contributed by atoms with van der Waals surface area (Å²) in [6, 6.07) is 12.8. The lowest BCUT2D eigenvalue weighted by Crippen LogP contribution is -2.23. The van der Waals surface area contributed by atoms with Crippen molar-refractivity contribution in [2.45, 2.75) is 19.4 Å². The van der Waals surface area contributed by atoms with Gasteiger partial charge >= 0.3 is 0 Å². The van der Waals surface area contributed by atoms with Crippen LogP contribution in [0, 0.1) is 5.82 Å². The maximum atomic E-state index is 13.6. The zero-order chi connectivity index (χ0) is 15.2. The topological polar surface area (TPSA) is 21.3 Å². The van der Waals surface area contributed by atoms with Crippen molar-refractivity contribution in [3.63, 3.8) is 0 Å². The number of methoxy groups -OCH3 is 1. The third-order valence-corrected chi connectivity index (χ3v) is 3.84. The number of hydrogen-bond acceptors (Lipinski definition) is 2. The van der Waals surface area contributed by atoms with Crippen molar-refractivity contribution in [1.82, 2.24) is 5.32 Å². The third kappa shape index (κ3) is 4.29. The molecule has 2 aromatic carbocycles. The van der Waals surface area contributed by atoms with Gasteiger partial charge in [0.1, 0.15) is 11.6 Å². The number of likely N-dealkylation sites (N-methyl/N-ethyl adjacent to an activating group) is 1. The summed E-state index contributed by atoms with van der Waals surface area (Å²) in [5.41, 5.74) is 2.03. The van der Waals surface area contributed by atoms with E-state index in [2.05, 4.69) is 33.4 Å². The average molecular weight is 352 g/mol. The van der Waals surface area contributed by atoms with Crippen molar-refractivity contribution >= 4 is 15.9 Å². The number of hydrogen-bond donors (Lipinski definition) is 1. The SMILES string of the molecule is CCNC(Cc1cccc(Br)c1)c1cc(F)ccc1OC. The maximum Gasteiger partial charge on any atom is 0.123 e. The van der Waals surface area contributed by atoms with E-state index >= 15 is 0 Å². The zero-order valence-electron chi connectivity index (χ0n) is 12.2. The van der Waals surface area contributed by atoms with Gasteiger partial charge in [0.15, 0.2) is 0 Å². The minimum Gasteiger partial charge on any atom is -0.496 e. The van der Waals surface area contributed by atoms with Crippen LogP contribution in [0.25, 0.3) is 0 Å². The van der Waals surface area contributed by atoms with Crippen molar-refractivity contribution < 1.29 is 9.13 Å². The normalized spacial score (nSPS) is 12.2. The average Bonchev–Trinajstić information content (AvgIpc) is 2.47. The first-order valence-corrected chi connectivity index (χ1v) is 7.74. The minimum atomic E-state index is -0.247. The fraction of sp³-hybridized carbons (Fsp3) is 0.294. The van der Waals surface area contributed by atoms with Crippen LogP contribution in [0.3, 0.4) is 0 Å². The predicted molar refractivity (Wildman–Crippen MR) is 87.2 cm³/mol. The zero-order valence-corrected chi connectivity index (χ0v) is 13.8. The third-order valence-electron chi connectivity index (χ3n) is 3.35. The molecule has 21 heavy (non-hydrogen) atoms. The van der Waals surface area contributed by atoms with Crippen molar-refractivity contribution in [2.75, 3.05) is 13.7 Å². The summed E-state index contributed by atoms with van der Waals surface area (Å²) in [4.78, 5) is 0. The smallest absolute Gasteiger partial charge is 0.123 e. The molecule has 0 aliphatic heterocycles. The summed E-state index contributed by atoms with van der Waals surface area (Å²) in [6.07, 6.45) is 0.771. The van der Waals surface area contributed by atoms with E-state index in [-0.39, 0.29) is 11.9 Å². The van der Waals surface area contributed by atoms with Crippen LogP contribution < -0.4 is 10.1 Å². The van der Waals surface area contributed by atoms with Gasteiger partial charge in [-0.1, -0.05) is 35.0 Å². The number of halogens is 2. The highest BCUT2D eigenvalue weighted by Gasteiger charge is 2.17. The molecule has 0 radical (unpaired) electrons. The van der Waals surface area contributed by atoms with Gasteiger partial charge < -0.3 is 10.1 Å². The van der Waals surface area contributed by atoms with Gasteiger partial charge in [0.2, 0.25) is 0 Å². The summed E-state index contributed by atoms with van der Waals surface area (Å²) >= 11 is 3.48. The lowest BCUT2D eigenvalue weighted by atomic mass is 9.98. The van der Waals surface area contributed by atoms with Crippen molar-refractivity contribution in [1.29, 1.82) is 0 Å². The fourth-order valence-corrected chi connectivity index (χ4v) is 2.86. The molecule has 0 amide bonds. The van der Waals surface area contributed by atoms with Crippen LogP contribution in [0.5, 0.6) is 5.75 Å². The maximum absolute atomic E-state index is 13.6. The van der Waals surface area contributed by atoms with E-state index in [4.69, 9.17) is 4.74 Å². The molecule has 112 valence electrons. The van der Waals surface area contributed by atoms with E-state index in [1.165, 1.54) is 11.6 Å². The Morgan fingerprint density at radius 2 is 2.05 bits per heavy atom. The summed E-state index contributed by atoms with van der Waals surface area (Å²) in [6.45, 7) is 2.85. The molecule has 0 aromatic heterocycles. The summed E-state index contributed by atoms with van der Waals surface area (Å²) in [5, 5.41) is 3.41. The molecule has 0 saturated carbocycles. The molecule has 2 rings (SSSR count). The van der Waals surface area contributed by atoms with Crippen molar-refractivity contribution in [3.05, 3.63) is 63.9 Å². The number of rotatable bonds is 6. The molecule has 1 atom stereocenters. The van der Waals surface area contributed by atoms with Crippen LogP contribution in [0.4, 0.5) is 4.39 Å². The van der Waals surface area contributed by atoms with E-state index < -0.39 is 0 Å². The van der Waals surface area contributed by atoms with Crippen molar-refractivity contribution in [3.8, 4) is 5.75 Å². The molecular formula is C17H19BrFNO. The second kappa shape index (κ2) is 7.57. The van der Waals surface area contributed by atoms with Gasteiger partial charge in [-0.25, -0.2) is 4.39 Å². The Bertz CT molecular complexity index is 603. The van der Waals surface area contributed by atoms with Crippen LogP contribution >= 0.6 is 15.9 Å². The molecule has 0 bridgehead atoms. The van der Waals surface area contributed by atoms with E-state index in [1.54, 1.807) is 19.2 Å².